The molecule has 1 rings (SSSR count). The van der Waals surface area contributed by atoms with Gasteiger partial charge in [0.1, 0.15) is 6.04 Å². The van der Waals surface area contributed by atoms with E-state index in [1.807, 2.05) is 19.0 Å². The van der Waals surface area contributed by atoms with Gasteiger partial charge in [-0.2, -0.15) is 0 Å². The fraction of sp³-hybridized carbons (Fsp3) is 0.966. The third-order valence-electron chi connectivity index (χ3n) is 7.12. The highest BCUT2D eigenvalue weighted by Gasteiger charge is 2.41. The summed E-state index contributed by atoms with van der Waals surface area (Å²) in [6.07, 6.45) is 23.0. The molecule has 202 valence electrons. The summed E-state index contributed by atoms with van der Waals surface area (Å²) in [6.45, 7) is 6.27. The Morgan fingerprint density at radius 1 is 0.735 bits per heavy atom. The number of hydrogen-bond donors (Lipinski definition) is 0. The topological polar surface area (TPSA) is 48.0 Å². The number of carbonyl (C=O) groups is 1. The summed E-state index contributed by atoms with van der Waals surface area (Å²) >= 11 is 0. The molecule has 0 aromatic carbocycles. The number of esters is 1. The van der Waals surface area contributed by atoms with Crippen LogP contribution in [0, 0.1) is 0 Å². The summed E-state index contributed by atoms with van der Waals surface area (Å²) in [5.41, 5.74) is 0. The van der Waals surface area contributed by atoms with E-state index in [9.17, 15) is 4.79 Å². The quantitative estimate of drug-likeness (QED) is 0.110. The Balaban J connectivity index is 2.27. The summed E-state index contributed by atoms with van der Waals surface area (Å²) in [6, 6.07) is -0.328. The predicted octanol–water partition coefficient (Wildman–Crippen LogP) is 7.65. The molecule has 0 radical (unpaired) electrons. The van der Waals surface area contributed by atoms with E-state index in [2.05, 4.69) is 13.8 Å². The summed E-state index contributed by atoms with van der Waals surface area (Å²) in [7, 11) is 3.89. The van der Waals surface area contributed by atoms with Crippen LogP contribution in [0.3, 0.4) is 0 Å². The number of nitrogens with zero attached hydrogens (tertiary/aromatic N) is 1. The number of hydrogen-bond acceptors (Lipinski definition) is 5. The molecule has 0 aromatic rings. The van der Waals surface area contributed by atoms with Crippen molar-refractivity contribution in [2.24, 2.45) is 0 Å². The van der Waals surface area contributed by atoms with Gasteiger partial charge in [-0.25, -0.2) is 0 Å². The Hall–Kier alpha value is -0.650. The lowest BCUT2D eigenvalue weighted by Crippen LogP contribution is -2.45. The molecule has 0 amide bonds. The fourth-order valence-corrected chi connectivity index (χ4v) is 4.84. The third kappa shape index (κ3) is 14.7. The second-order valence-corrected chi connectivity index (χ2v) is 10.5. The van der Waals surface area contributed by atoms with E-state index >= 15 is 0 Å². The summed E-state index contributed by atoms with van der Waals surface area (Å²) in [4.78, 5) is 14.8. The molecule has 0 saturated carbocycles. The Labute approximate surface area is 211 Å². The van der Waals surface area contributed by atoms with Crippen LogP contribution in [-0.4, -0.2) is 56.6 Å². The number of ether oxygens (including phenoxy) is 3. The second kappa shape index (κ2) is 20.5. The lowest BCUT2D eigenvalue weighted by atomic mass is 9.98. The van der Waals surface area contributed by atoms with Crippen LogP contribution in [0.5, 0.6) is 0 Å². The van der Waals surface area contributed by atoms with E-state index in [1.165, 1.54) is 89.9 Å². The number of carbonyl (C=O) groups excluding carboxylic acids is 1. The monoisotopic (exact) mass is 483 g/mol. The first-order chi connectivity index (χ1) is 16.5. The van der Waals surface area contributed by atoms with Gasteiger partial charge in [0.05, 0.1) is 19.8 Å². The molecule has 1 unspecified atom stereocenters. The van der Waals surface area contributed by atoms with Gasteiger partial charge < -0.3 is 14.2 Å². The number of rotatable bonds is 23. The van der Waals surface area contributed by atoms with Gasteiger partial charge >= 0.3 is 5.97 Å². The van der Waals surface area contributed by atoms with Crippen LogP contribution >= 0.6 is 0 Å². The van der Waals surface area contributed by atoms with E-state index in [1.54, 1.807) is 0 Å². The van der Waals surface area contributed by atoms with Gasteiger partial charge in [-0.3, -0.25) is 9.69 Å². The molecule has 1 heterocycles. The minimum Gasteiger partial charge on any atom is -0.465 e. The van der Waals surface area contributed by atoms with E-state index < -0.39 is 5.79 Å². The van der Waals surface area contributed by atoms with Crippen LogP contribution in [0.2, 0.25) is 0 Å². The van der Waals surface area contributed by atoms with Crippen LogP contribution < -0.4 is 0 Å². The zero-order chi connectivity index (χ0) is 24.9. The van der Waals surface area contributed by atoms with E-state index in [4.69, 9.17) is 14.2 Å². The van der Waals surface area contributed by atoms with E-state index in [0.29, 0.717) is 26.2 Å². The summed E-state index contributed by atoms with van der Waals surface area (Å²) < 4.78 is 17.8. The Kier molecular flexibility index (Phi) is 19.0. The van der Waals surface area contributed by atoms with Gasteiger partial charge in [-0.1, -0.05) is 110 Å². The largest absolute Gasteiger partial charge is 0.465 e. The molecule has 1 aliphatic rings. The molecule has 34 heavy (non-hydrogen) atoms. The van der Waals surface area contributed by atoms with Gasteiger partial charge in [-0.15, -0.1) is 0 Å². The van der Waals surface area contributed by atoms with Crippen LogP contribution in [0.4, 0.5) is 0 Å². The van der Waals surface area contributed by atoms with Crippen LogP contribution in [0.15, 0.2) is 0 Å². The van der Waals surface area contributed by atoms with Gasteiger partial charge in [-0.05, 0) is 26.9 Å². The maximum atomic E-state index is 12.9. The highest BCUT2D eigenvalue weighted by atomic mass is 16.7. The SMILES string of the molecule is CCCCCCCCCCCCOC(=O)C(CC1(CCCCCCCCC)OCCO1)N(C)C. The van der Waals surface area contributed by atoms with Gasteiger partial charge in [0, 0.05) is 12.8 Å². The molecule has 0 spiro atoms. The zero-order valence-electron chi connectivity index (χ0n) is 23.2. The van der Waals surface area contributed by atoms with Crippen molar-refractivity contribution in [3.8, 4) is 0 Å². The van der Waals surface area contributed by atoms with Crippen molar-refractivity contribution < 1.29 is 19.0 Å². The Morgan fingerprint density at radius 2 is 1.18 bits per heavy atom. The molecule has 0 N–H and O–H groups in total. The maximum absolute atomic E-state index is 12.9. The first-order valence-corrected chi connectivity index (χ1v) is 14.7. The van der Waals surface area contributed by atoms with E-state index in [-0.39, 0.29) is 12.0 Å². The number of likely N-dealkylation sites (N-methyl/N-ethyl adjacent to an activating group) is 1. The lowest BCUT2D eigenvalue weighted by molar-refractivity contribution is -0.185. The van der Waals surface area contributed by atoms with Crippen molar-refractivity contribution in [2.45, 2.75) is 148 Å². The van der Waals surface area contributed by atoms with Crippen molar-refractivity contribution in [1.29, 1.82) is 0 Å². The molecule has 5 nitrogen and oxygen atoms in total. The average Bonchev–Trinajstić information content (AvgIpc) is 3.29. The van der Waals surface area contributed by atoms with Crippen molar-refractivity contribution in [1.82, 2.24) is 4.90 Å². The first-order valence-electron chi connectivity index (χ1n) is 14.7. The fourth-order valence-electron chi connectivity index (χ4n) is 4.84. The highest BCUT2D eigenvalue weighted by Crippen LogP contribution is 2.32. The summed E-state index contributed by atoms with van der Waals surface area (Å²) in [5.74, 6) is -0.770. The normalized spacial score (nSPS) is 16.3. The smallest absolute Gasteiger partial charge is 0.323 e. The molecule has 1 saturated heterocycles. The second-order valence-electron chi connectivity index (χ2n) is 10.5. The molecular weight excluding hydrogens is 426 g/mol. The molecule has 1 aliphatic heterocycles. The standard InChI is InChI=1S/C29H57NO4/c1-5-7-9-11-13-14-15-17-19-21-23-32-28(31)27(30(3)4)26-29(33-24-25-34-29)22-20-18-16-12-10-8-6-2/h27H,5-26H2,1-4H3. The van der Waals surface area contributed by atoms with Crippen LogP contribution in [0.1, 0.15) is 136 Å². The molecule has 1 atom stereocenters. The molecule has 0 aromatic heterocycles. The maximum Gasteiger partial charge on any atom is 0.323 e. The van der Waals surface area contributed by atoms with Crippen molar-refractivity contribution in [2.75, 3.05) is 33.9 Å². The minimum atomic E-state index is -0.630. The van der Waals surface area contributed by atoms with Crippen LogP contribution in [-0.2, 0) is 19.0 Å². The molecule has 1 fully saturated rings. The van der Waals surface area contributed by atoms with Gasteiger partial charge in [0.25, 0.3) is 0 Å². The molecule has 0 bridgehead atoms. The van der Waals surface area contributed by atoms with Crippen molar-refractivity contribution in [3.05, 3.63) is 0 Å². The third-order valence-corrected chi connectivity index (χ3v) is 7.12. The lowest BCUT2D eigenvalue weighted by Gasteiger charge is -2.33. The van der Waals surface area contributed by atoms with Gasteiger partial charge in [0.15, 0.2) is 5.79 Å². The molecule has 5 heteroatoms. The average molecular weight is 484 g/mol. The highest BCUT2D eigenvalue weighted by molar-refractivity contribution is 5.75. The Morgan fingerprint density at radius 3 is 1.65 bits per heavy atom. The van der Waals surface area contributed by atoms with E-state index in [0.717, 1.165) is 25.7 Å². The minimum absolute atomic E-state index is 0.140. The van der Waals surface area contributed by atoms with Crippen LogP contribution in [0.25, 0.3) is 0 Å². The van der Waals surface area contributed by atoms with Gasteiger partial charge in [0.2, 0.25) is 0 Å². The summed E-state index contributed by atoms with van der Waals surface area (Å²) in [5, 5.41) is 0. The predicted molar refractivity (Wildman–Crippen MR) is 142 cm³/mol. The first kappa shape index (κ1) is 31.4. The molecular formula is C29H57NO4. The zero-order valence-corrected chi connectivity index (χ0v) is 23.2. The number of unbranched alkanes of at least 4 members (excludes halogenated alkanes) is 15. The van der Waals surface area contributed by atoms with Crippen molar-refractivity contribution in [3.63, 3.8) is 0 Å². The Bertz CT molecular complexity index is 477. The van der Waals surface area contributed by atoms with Crippen molar-refractivity contribution >= 4 is 5.97 Å². The molecule has 0 aliphatic carbocycles.